The SMILES string of the molecule is CC1(C)c2ccccc2-c2ccc(N(c3ccccc3)c3cccc(-c4ccc5c(c4)sc4ccccc45)c3-c3ccc(-c4ccccc4)cc3)cc21. The van der Waals surface area contributed by atoms with E-state index in [4.69, 9.17) is 0 Å². The largest absolute Gasteiger partial charge is 0.310 e. The third-order valence-corrected chi connectivity index (χ3v) is 12.2. The van der Waals surface area contributed by atoms with Crippen LogP contribution in [0.15, 0.2) is 188 Å². The number of para-hydroxylation sites is 1. The van der Waals surface area contributed by atoms with E-state index in [1.165, 1.54) is 75.8 Å². The number of hydrogen-bond donors (Lipinski definition) is 0. The molecular formula is C51H37NS. The lowest BCUT2D eigenvalue weighted by molar-refractivity contribution is 0.660. The maximum absolute atomic E-state index is 2.46. The molecular weight excluding hydrogens is 659 g/mol. The van der Waals surface area contributed by atoms with E-state index < -0.39 is 0 Å². The Balaban J connectivity index is 1.21. The van der Waals surface area contributed by atoms with Crippen molar-refractivity contribution in [1.82, 2.24) is 0 Å². The van der Waals surface area contributed by atoms with Crippen molar-refractivity contribution >= 4 is 48.6 Å². The van der Waals surface area contributed by atoms with Crippen molar-refractivity contribution in [2.75, 3.05) is 4.90 Å². The van der Waals surface area contributed by atoms with E-state index in [1.807, 2.05) is 11.3 Å². The van der Waals surface area contributed by atoms with Crippen LogP contribution in [0.1, 0.15) is 25.0 Å². The fourth-order valence-corrected chi connectivity index (χ4v) is 9.60. The highest BCUT2D eigenvalue weighted by Gasteiger charge is 2.36. The molecule has 0 aliphatic heterocycles. The summed E-state index contributed by atoms with van der Waals surface area (Å²) in [6.45, 7) is 4.72. The maximum atomic E-state index is 2.46. The number of anilines is 3. The van der Waals surface area contributed by atoms with Crippen LogP contribution in [-0.4, -0.2) is 0 Å². The zero-order valence-electron chi connectivity index (χ0n) is 29.8. The van der Waals surface area contributed by atoms with Crippen LogP contribution >= 0.6 is 11.3 Å². The summed E-state index contributed by atoms with van der Waals surface area (Å²) >= 11 is 1.87. The van der Waals surface area contributed by atoms with Crippen LogP contribution in [0.2, 0.25) is 0 Å². The number of hydrogen-bond acceptors (Lipinski definition) is 2. The molecule has 1 aliphatic carbocycles. The molecule has 2 heteroatoms. The molecule has 53 heavy (non-hydrogen) atoms. The summed E-state index contributed by atoms with van der Waals surface area (Å²) in [4.78, 5) is 2.46. The van der Waals surface area contributed by atoms with Crippen LogP contribution < -0.4 is 4.90 Å². The molecule has 0 saturated heterocycles. The molecule has 9 aromatic rings. The van der Waals surface area contributed by atoms with E-state index in [2.05, 4.69) is 207 Å². The van der Waals surface area contributed by atoms with E-state index in [9.17, 15) is 0 Å². The Morgan fingerprint density at radius 1 is 0.396 bits per heavy atom. The van der Waals surface area contributed by atoms with Crippen molar-refractivity contribution in [3.05, 3.63) is 199 Å². The molecule has 0 N–H and O–H groups in total. The van der Waals surface area contributed by atoms with Crippen LogP contribution in [0.5, 0.6) is 0 Å². The first-order valence-electron chi connectivity index (χ1n) is 18.3. The zero-order chi connectivity index (χ0) is 35.5. The van der Waals surface area contributed by atoms with Crippen LogP contribution in [0.4, 0.5) is 17.1 Å². The van der Waals surface area contributed by atoms with Crippen molar-refractivity contribution in [2.45, 2.75) is 19.3 Å². The summed E-state index contributed by atoms with van der Waals surface area (Å²) in [6, 6.07) is 69.2. The van der Waals surface area contributed by atoms with Gasteiger partial charge in [-0.05, 0) is 92.5 Å². The molecule has 0 saturated carbocycles. The van der Waals surface area contributed by atoms with Gasteiger partial charge < -0.3 is 4.90 Å². The normalized spacial score (nSPS) is 12.9. The molecule has 1 aliphatic rings. The Bertz CT molecular complexity index is 2790. The van der Waals surface area contributed by atoms with E-state index in [1.54, 1.807) is 0 Å². The van der Waals surface area contributed by atoms with Crippen molar-refractivity contribution in [2.24, 2.45) is 0 Å². The summed E-state index contributed by atoms with van der Waals surface area (Å²) in [5, 5.41) is 2.63. The van der Waals surface area contributed by atoms with E-state index in [0.29, 0.717) is 0 Å². The molecule has 1 aromatic heterocycles. The highest BCUT2D eigenvalue weighted by Crippen LogP contribution is 2.52. The van der Waals surface area contributed by atoms with Crippen molar-refractivity contribution in [1.29, 1.82) is 0 Å². The van der Waals surface area contributed by atoms with Gasteiger partial charge in [0, 0.05) is 42.5 Å². The van der Waals surface area contributed by atoms with E-state index in [-0.39, 0.29) is 5.41 Å². The quantitative estimate of drug-likeness (QED) is 0.167. The summed E-state index contributed by atoms with van der Waals surface area (Å²) in [6.07, 6.45) is 0. The smallest absolute Gasteiger partial charge is 0.0546 e. The van der Waals surface area contributed by atoms with Gasteiger partial charge in [0.2, 0.25) is 0 Å². The number of thiophene rings is 1. The number of nitrogens with zero attached hydrogens (tertiary/aromatic N) is 1. The summed E-state index contributed by atoms with van der Waals surface area (Å²) < 4.78 is 2.63. The third-order valence-electron chi connectivity index (χ3n) is 11.1. The van der Waals surface area contributed by atoms with E-state index in [0.717, 1.165) is 17.1 Å². The lowest BCUT2D eigenvalue weighted by Gasteiger charge is -2.30. The Kier molecular flexibility index (Phi) is 7.42. The van der Waals surface area contributed by atoms with Gasteiger partial charge >= 0.3 is 0 Å². The molecule has 0 bridgehead atoms. The molecule has 252 valence electrons. The fraction of sp³-hybridized carbons (Fsp3) is 0.0588. The second-order valence-corrected chi connectivity index (χ2v) is 15.6. The number of benzene rings is 8. The lowest BCUT2D eigenvalue weighted by Crippen LogP contribution is -2.17. The predicted octanol–water partition coefficient (Wildman–Crippen LogP) is 14.8. The summed E-state index contributed by atoms with van der Waals surface area (Å²) in [7, 11) is 0. The van der Waals surface area contributed by atoms with Gasteiger partial charge in [0.15, 0.2) is 0 Å². The Morgan fingerprint density at radius 2 is 1.02 bits per heavy atom. The van der Waals surface area contributed by atoms with Crippen molar-refractivity contribution in [3.63, 3.8) is 0 Å². The Morgan fingerprint density at radius 3 is 1.85 bits per heavy atom. The van der Waals surface area contributed by atoms with Gasteiger partial charge in [-0.15, -0.1) is 11.3 Å². The zero-order valence-corrected chi connectivity index (χ0v) is 30.6. The highest BCUT2D eigenvalue weighted by molar-refractivity contribution is 7.25. The maximum Gasteiger partial charge on any atom is 0.0546 e. The molecule has 10 rings (SSSR count). The van der Waals surface area contributed by atoms with Crippen LogP contribution in [0, 0.1) is 0 Å². The molecule has 0 amide bonds. The molecule has 0 spiro atoms. The molecule has 0 fully saturated rings. The number of rotatable bonds is 6. The van der Waals surface area contributed by atoms with Crippen LogP contribution in [-0.2, 0) is 5.41 Å². The van der Waals surface area contributed by atoms with Gasteiger partial charge in [-0.1, -0.05) is 159 Å². The van der Waals surface area contributed by atoms with Gasteiger partial charge in [-0.2, -0.15) is 0 Å². The first kappa shape index (κ1) is 31.5. The van der Waals surface area contributed by atoms with Crippen molar-refractivity contribution < 1.29 is 0 Å². The van der Waals surface area contributed by atoms with Gasteiger partial charge in [0.05, 0.1) is 5.69 Å². The second kappa shape index (κ2) is 12.5. The molecule has 0 atom stereocenters. The molecule has 8 aromatic carbocycles. The van der Waals surface area contributed by atoms with E-state index >= 15 is 0 Å². The van der Waals surface area contributed by atoms with Gasteiger partial charge in [-0.25, -0.2) is 0 Å². The molecule has 0 radical (unpaired) electrons. The third kappa shape index (κ3) is 5.21. The monoisotopic (exact) mass is 695 g/mol. The Hall–Kier alpha value is -6.22. The summed E-state index contributed by atoms with van der Waals surface area (Å²) in [5.74, 6) is 0. The highest BCUT2D eigenvalue weighted by atomic mass is 32.1. The minimum absolute atomic E-state index is 0.109. The van der Waals surface area contributed by atoms with Gasteiger partial charge in [0.25, 0.3) is 0 Å². The summed E-state index contributed by atoms with van der Waals surface area (Å²) in [5.41, 5.74) is 16.0. The predicted molar refractivity (Wildman–Crippen MR) is 228 cm³/mol. The minimum atomic E-state index is -0.109. The average molecular weight is 696 g/mol. The Labute approximate surface area is 315 Å². The number of fused-ring (bicyclic) bond motifs is 6. The minimum Gasteiger partial charge on any atom is -0.310 e. The van der Waals surface area contributed by atoms with Gasteiger partial charge in [-0.3, -0.25) is 0 Å². The standard InChI is InChI=1S/C51H37NS/c1-51(2)45-21-11-9-18-41(45)42-31-29-39(33-46(42)51)52(38-16-7-4-8-17-38)47-22-13-20-40(37-28-30-44-43-19-10-12-23-48(43)53-49(44)32-37)50(47)36-26-24-35(25-27-36)34-14-5-3-6-15-34/h3-33H,1-2H3. The van der Waals surface area contributed by atoms with Crippen molar-refractivity contribution in [3.8, 4) is 44.5 Å². The molecule has 1 heterocycles. The molecule has 1 nitrogen and oxygen atoms in total. The van der Waals surface area contributed by atoms with Gasteiger partial charge in [0.1, 0.15) is 0 Å². The second-order valence-electron chi connectivity index (χ2n) is 14.5. The fourth-order valence-electron chi connectivity index (χ4n) is 8.46. The average Bonchev–Trinajstić information content (AvgIpc) is 3.70. The first-order valence-corrected chi connectivity index (χ1v) is 19.2. The lowest BCUT2D eigenvalue weighted by atomic mass is 9.82. The van der Waals surface area contributed by atoms with Crippen LogP contribution in [0.3, 0.4) is 0 Å². The first-order chi connectivity index (χ1) is 26.0. The van der Waals surface area contributed by atoms with Crippen LogP contribution in [0.25, 0.3) is 64.7 Å². The molecule has 0 unspecified atom stereocenters. The topological polar surface area (TPSA) is 3.24 Å².